The monoisotopic (exact) mass is 339 g/mol. The number of benzene rings is 1. The first-order valence-electron chi connectivity index (χ1n) is 7.66. The SMILES string of the molecule is CC(C)C(=O)Nc1ccc(Cl)c(C(=O)NCC2CNCC2O)c1. The fraction of sp³-hybridized carbons (Fsp3) is 0.500. The number of aliphatic hydroxyl groups excluding tert-OH is 1. The van der Waals surface area contributed by atoms with Gasteiger partial charge in [-0.05, 0) is 18.2 Å². The Balaban J connectivity index is 2.02. The van der Waals surface area contributed by atoms with Crippen LogP contribution in [0.5, 0.6) is 0 Å². The number of hydrogen-bond acceptors (Lipinski definition) is 4. The molecule has 23 heavy (non-hydrogen) atoms. The number of rotatable bonds is 5. The van der Waals surface area contributed by atoms with Crippen LogP contribution in [0, 0.1) is 11.8 Å². The number of carbonyl (C=O) groups is 2. The second-order valence-corrected chi connectivity index (χ2v) is 6.44. The Bertz CT molecular complexity index is 592. The molecule has 4 N–H and O–H groups in total. The van der Waals surface area contributed by atoms with Gasteiger partial charge in [0.05, 0.1) is 16.7 Å². The van der Waals surface area contributed by atoms with Crippen molar-refractivity contribution in [3.8, 4) is 0 Å². The van der Waals surface area contributed by atoms with Gasteiger partial charge in [-0.3, -0.25) is 9.59 Å². The first-order chi connectivity index (χ1) is 10.9. The summed E-state index contributed by atoms with van der Waals surface area (Å²) < 4.78 is 0. The zero-order chi connectivity index (χ0) is 17.0. The van der Waals surface area contributed by atoms with E-state index in [1.54, 1.807) is 32.0 Å². The van der Waals surface area contributed by atoms with E-state index < -0.39 is 6.10 Å². The normalized spacial score (nSPS) is 20.6. The van der Waals surface area contributed by atoms with Crippen LogP contribution in [0.2, 0.25) is 5.02 Å². The summed E-state index contributed by atoms with van der Waals surface area (Å²) in [6, 6.07) is 4.80. The van der Waals surface area contributed by atoms with Gasteiger partial charge in [-0.25, -0.2) is 0 Å². The van der Waals surface area contributed by atoms with Crippen molar-refractivity contribution in [1.29, 1.82) is 0 Å². The van der Waals surface area contributed by atoms with Crippen LogP contribution in [0.15, 0.2) is 18.2 Å². The highest BCUT2D eigenvalue weighted by molar-refractivity contribution is 6.34. The largest absolute Gasteiger partial charge is 0.391 e. The zero-order valence-electron chi connectivity index (χ0n) is 13.2. The van der Waals surface area contributed by atoms with E-state index in [0.717, 1.165) is 0 Å². The minimum absolute atomic E-state index is 0.0125. The van der Waals surface area contributed by atoms with Crippen molar-refractivity contribution < 1.29 is 14.7 Å². The Morgan fingerprint density at radius 3 is 2.74 bits per heavy atom. The molecule has 0 spiro atoms. The van der Waals surface area contributed by atoms with E-state index in [1.165, 1.54) is 0 Å². The fourth-order valence-corrected chi connectivity index (χ4v) is 2.51. The van der Waals surface area contributed by atoms with Crippen molar-refractivity contribution in [2.45, 2.75) is 20.0 Å². The van der Waals surface area contributed by atoms with Crippen molar-refractivity contribution in [1.82, 2.24) is 10.6 Å². The average molecular weight is 340 g/mol. The summed E-state index contributed by atoms with van der Waals surface area (Å²) in [5, 5.41) is 18.6. The number of hydrogen-bond donors (Lipinski definition) is 4. The summed E-state index contributed by atoms with van der Waals surface area (Å²) in [7, 11) is 0. The van der Waals surface area contributed by atoms with E-state index in [4.69, 9.17) is 11.6 Å². The third kappa shape index (κ3) is 4.67. The molecule has 1 aromatic carbocycles. The highest BCUT2D eigenvalue weighted by Gasteiger charge is 2.25. The minimum atomic E-state index is -0.456. The Hall–Kier alpha value is -1.63. The van der Waals surface area contributed by atoms with Crippen LogP contribution in [0.3, 0.4) is 0 Å². The quantitative estimate of drug-likeness (QED) is 0.650. The number of β-amino-alcohol motifs (C(OH)–C–C–N with tert-alkyl or cyclic N) is 1. The van der Waals surface area contributed by atoms with Crippen molar-refractivity contribution in [3.63, 3.8) is 0 Å². The maximum Gasteiger partial charge on any atom is 0.252 e. The van der Waals surface area contributed by atoms with Crippen LogP contribution in [-0.2, 0) is 4.79 Å². The van der Waals surface area contributed by atoms with Crippen LogP contribution in [0.4, 0.5) is 5.69 Å². The molecule has 2 atom stereocenters. The standard InChI is InChI=1S/C16H22ClN3O3/c1-9(2)15(22)20-11-3-4-13(17)12(5-11)16(23)19-7-10-6-18-8-14(10)21/h3-5,9-10,14,18,21H,6-8H2,1-2H3,(H,19,23)(H,20,22). The molecule has 1 aliphatic rings. The number of aliphatic hydroxyl groups is 1. The molecule has 1 aromatic rings. The Labute approximate surface area is 140 Å². The molecular weight excluding hydrogens is 318 g/mol. The van der Waals surface area contributed by atoms with E-state index in [2.05, 4.69) is 16.0 Å². The molecule has 2 rings (SSSR count). The summed E-state index contributed by atoms with van der Waals surface area (Å²) in [5.41, 5.74) is 0.828. The molecule has 2 amide bonds. The van der Waals surface area contributed by atoms with E-state index >= 15 is 0 Å². The molecule has 1 heterocycles. The van der Waals surface area contributed by atoms with E-state index in [9.17, 15) is 14.7 Å². The first kappa shape index (κ1) is 17.7. The predicted molar refractivity (Wildman–Crippen MR) is 89.6 cm³/mol. The second kappa shape index (κ2) is 7.77. The lowest BCUT2D eigenvalue weighted by molar-refractivity contribution is -0.118. The van der Waals surface area contributed by atoms with Crippen LogP contribution in [0.25, 0.3) is 0 Å². The summed E-state index contributed by atoms with van der Waals surface area (Å²) in [5.74, 6) is -0.616. The fourth-order valence-electron chi connectivity index (χ4n) is 2.31. The molecule has 7 heteroatoms. The molecule has 0 radical (unpaired) electrons. The van der Waals surface area contributed by atoms with Gasteiger partial charge in [-0.2, -0.15) is 0 Å². The Morgan fingerprint density at radius 2 is 2.13 bits per heavy atom. The molecule has 2 unspecified atom stereocenters. The maximum atomic E-state index is 12.3. The van der Waals surface area contributed by atoms with Crippen molar-refractivity contribution in [2.75, 3.05) is 25.0 Å². The molecule has 6 nitrogen and oxygen atoms in total. The summed E-state index contributed by atoms with van der Waals surface area (Å²) in [6.45, 7) is 5.16. The molecule has 1 saturated heterocycles. The number of carbonyl (C=O) groups excluding carboxylic acids is 2. The van der Waals surface area contributed by atoms with E-state index in [1.807, 2.05) is 0 Å². The molecule has 126 valence electrons. The van der Waals surface area contributed by atoms with Gasteiger partial charge in [0.15, 0.2) is 0 Å². The molecule has 1 aliphatic heterocycles. The van der Waals surface area contributed by atoms with E-state index in [0.29, 0.717) is 35.9 Å². The molecule has 0 bridgehead atoms. The van der Waals surface area contributed by atoms with Gasteiger partial charge in [-0.1, -0.05) is 25.4 Å². The van der Waals surface area contributed by atoms with Gasteiger partial charge in [-0.15, -0.1) is 0 Å². The van der Waals surface area contributed by atoms with Crippen LogP contribution < -0.4 is 16.0 Å². The number of nitrogens with one attached hydrogen (secondary N) is 3. The first-order valence-corrected chi connectivity index (χ1v) is 8.03. The van der Waals surface area contributed by atoms with Crippen molar-refractivity contribution in [3.05, 3.63) is 28.8 Å². The Kier molecular flexibility index (Phi) is 5.98. The highest BCUT2D eigenvalue weighted by atomic mass is 35.5. The lowest BCUT2D eigenvalue weighted by Gasteiger charge is -2.15. The minimum Gasteiger partial charge on any atom is -0.391 e. The number of anilines is 1. The number of amides is 2. The van der Waals surface area contributed by atoms with Crippen LogP contribution >= 0.6 is 11.6 Å². The third-order valence-corrected chi connectivity index (χ3v) is 4.16. The number of halogens is 1. The molecule has 0 aromatic heterocycles. The maximum absolute atomic E-state index is 12.3. The van der Waals surface area contributed by atoms with Gasteiger partial charge in [0.25, 0.3) is 5.91 Å². The lowest BCUT2D eigenvalue weighted by Crippen LogP contribution is -2.34. The average Bonchev–Trinajstić information content (AvgIpc) is 2.91. The predicted octanol–water partition coefficient (Wildman–Crippen LogP) is 1.24. The van der Waals surface area contributed by atoms with E-state index in [-0.39, 0.29) is 23.7 Å². The van der Waals surface area contributed by atoms with Gasteiger partial charge < -0.3 is 21.1 Å². The second-order valence-electron chi connectivity index (χ2n) is 6.03. The topological polar surface area (TPSA) is 90.5 Å². The van der Waals surface area contributed by atoms with Crippen molar-refractivity contribution in [2.24, 2.45) is 11.8 Å². The van der Waals surface area contributed by atoms with Gasteiger partial charge in [0, 0.05) is 37.2 Å². The van der Waals surface area contributed by atoms with Crippen LogP contribution in [-0.4, -0.2) is 42.7 Å². The molecule has 1 fully saturated rings. The van der Waals surface area contributed by atoms with Crippen LogP contribution in [0.1, 0.15) is 24.2 Å². The highest BCUT2D eigenvalue weighted by Crippen LogP contribution is 2.21. The third-order valence-electron chi connectivity index (χ3n) is 3.83. The summed E-state index contributed by atoms with van der Waals surface area (Å²) in [4.78, 5) is 24.0. The summed E-state index contributed by atoms with van der Waals surface area (Å²) in [6.07, 6.45) is -0.456. The van der Waals surface area contributed by atoms with Crippen molar-refractivity contribution >= 4 is 29.1 Å². The lowest BCUT2D eigenvalue weighted by atomic mass is 10.1. The van der Waals surface area contributed by atoms with Gasteiger partial charge >= 0.3 is 0 Å². The van der Waals surface area contributed by atoms with Gasteiger partial charge in [0.1, 0.15) is 0 Å². The Morgan fingerprint density at radius 1 is 1.39 bits per heavy atom. The molecular formula is C16H22ClN3O3. The smallest absolute Gasteiger partial charge is 0.252 e. The summed E-state index contributed by atoms with van der Waals surface area (Å²) >= 11 is 6.08. The molecule has 0 saturated carbocycles. The van der Waals surface area contributed by atoms with Gasteiger partial charge in [0.2, 0.25) is 5.91 Å². The molecule has 0 aliphatic carbocycles. The zero-order valence-corrected chi connectivity index (χ0v) is 14.0.